The largest absolute Gasteiger partial charge is 0.497 e. The Morgan fingerprint density at radius 1 is 1.23 bits per heavy atom. The van der Waals surface area contributed by atoms with Crippen LogP contribution in [0.1, 0.15) is 25.7 Å². The summed E-state index contributed by atoms with van der Waals surface area (Å²) in [5.41, 5.74) is 6.63. The number of rotatable bonds is 5. The summed E-state index contributed by atoms with van der Waals surface area (Å²) in [4.78, 5) is 23.9. The number of methoxy groups -OCH3 is 1. The maximum Gasteiger partial charge on any atom is 0.243 e. The standard InChI is InChI=1S/C16H23N3O3/c1-22-12-8-6-11(7-9-12)19-15(20)10-18-16(21)13-4-2-3-5-14(13)17/h6-9,13-14H,2-5,10,17H2,1H3,(H,18,21)(H,19,20)/t13-,14+/m1/s1. The van der Waals surface area contributed by atoms with E-state index in [-0.39, 0.29) is 30.3 Å². The van der Waals surface area contributed by atoms with Gasteiger partial charge in [0.2, 0.25) is 11.8 Å². The summed E-state index contributed by atoms with van der Waals surface area (Å²) in [7, 11) is 1.58. The van der Waals surface area contributed by atoms with E-state index >= 15 is 0 Å². The third-order valence-electron chi connectivity index (χ3n) is 3.95. The second-order valence-electron chi connectivity index (χ2n) is 5.55. The molecule has 1 aromatic rings. The second kappa shape index (κ2) is 7.79. The first-order chi connectivity index (χ1) is 10.6. The van der Waals surface area contributed by atoms with E-state index in [1.54, 1.807) is 31.4 Å². The topological polar surface area (TPSA) is 93.5 Å². The third kappa shape index (κ3) is 4.46. The fraction of sp³-hybridized carbons (Fsp3) is 0.500. The van der Waals surface area contributed by atoms with Gasteiger partial charge in [-0.2, -0.15) is 0 Å². The van der Waals surface area contributed by atoms with Gasteiger partial charge in [-0.15, -0.1) is 0 Å². The molecule has 0 aliphatic heterocycles. The highest BCUT2D eigenvalue weighted by Crippen LogP contribution is 2.22. The van der Waals surface area contributed by atoms with E-state index < -0.39 is 0 Å². The molecular weight excluding hydrogens is 282 g/mol. The first kappa shape index (κ1) is 16.3. The Labute approximate surface area is 130 Å². The van der Waals surface area contributed by atoms with Crippen molar-refractivity contribution in [2.75, 3.05) is 19.0 Å². The molecule has 1 aliphatic carbocycles. The lowest BCUT2D eigenvalue weighted by Crippen LogP contribution is -2.45. The number of amides is 2. The molecule has 0 bridgehead atoms. The molecule has 2 atom stereocenters. The van der Waals surface area contributed by atoms with Crippen LogP contribution >= 0.6 is 0 Å². The van der Waals surface area contributed by atoms with E-state index in [9.17, 15) is 9.59 Å². The summed E-state index contributed by atoms with van der Waals surface area (Å²) in [6, 6.07) is 6.91. The molecule has 2 rings (SSSR count). The Hall–Kier alpha value is -2.08. The monoisotopic (exact) mass is 305 g/mol. The predicted molar refractivity (Wildman–Crippen MR) is 84.6 cm³/mol. The number of anilines is 1. The summed E-state index contributed by atoms with van der Waals surface area (Å²) < 4.78 is 5.05. The second-order valence-corrected chi connectivity index (χ2v) is 5.55. The van der Waals surface area contributed by atoms with E-state index in [0.29, 0.717) is 5.69 Å². The van der Waals surface area contributed by atoms with Gasteiger partial charge in [0, 0.05) is 11.7 Å². The highest BCUT2D eigenvalue weighted by Gasteiger charge is 2.28. The van der Waals surface area contributed by atoms with Gasteiger partial charge in [-0.1, -0.05) is 12.8 Å². The van der Waals surface area contributed by atoms with Crippen molar-refractivity contribution in [3.63, 3.8) is 0 Å². The fourth-order valence-corrected chi connectivity index (χ4v) is 2.66. The van der Waals surface area contributed by atoms with Gasteiger partial charge in [-0.05, 0) is 37.1 Å². The summed E-state index contributed by atoms with van der Waals surface area (Å²) in [5.74, 6) is 0.153. The van der Waals surface area contributed by atoms with Gasteiger partial charge in [0.15, 0.2) is 0 Å². The van der Waals surface area contributed by atoms with Crippen molar-refractivity contribution in [3.8, 4) is 5.75 Å². The number of nitrogens with one attached hydrogen (secondary N) is 2. The van der Waals surface area contributed by atoms with Crippen LogP contribution in [0.15, 0.2) is 24.3 Å². The summed E-state index contributed by atoms with van der Waals surface area (Å²) in [6.45, 7) is -0.0475. The first-order valence-electron chi connectivity index (χ1n) is 7.57. The molecule has 120 valence electrons. The molecule has 6 heteroatoms. The van der Waals surface area contributed by atoms with Gasteiger partial charge in [-0.25, -0.2) is 0 Å². The zero-order valence-electron chi connectivity index (χ0n) is 12.8. The molecule has 2 amide bonds. The van der Waals surface area contributed by atoms with E-state index in [4.69, 9.17) is 10.5 Å². The molecule has 1 saturated carbocycles. The molecule has 0 saturated heterocycles. The van der Waals surface area contributed by atoms with Gasteiger partial charge < -0.3 is 21.1 Å². The molecule has 4 N–H and O–H groups in total. The van der Waals surface area contributed by atoms with Crippen LogP contribution in [0.25, 0.3) is 0 Å². The van der Waals surface area contributed by atoms with Gasteiger partial charge in [0.25, 0.3) is 0 Å². The maximum atomic E-state index is 12.1. The Kier molecular flexibility index (Phi) is 5.77. The molecule has 0 heterocycles. The van der Waals surface area contributed by atoms with Crippen LogP contribution in [0.3, 0.4) is 0 Å². The Morgan fingerprint density at radius 2 is 1.91 bits per heavy atom. The van der Waals surface area contributed by atoms with E-state index in [0.717, 1.165) is 31.4 Å². The number of benzene rings is 1. The number of hydrogen-bond acceptors (Lipinski definition) is 4. The van der Waals surface area contributed by atoms with Crippen molar-refractivity contribution in [2.24, 2.45) is 11.7 Å². The maximum absolute atomic E-state index is 12.1. The summed E-state index contributed by atoms with van der Waals surface area (Å²) in [5, 5.41) is 5.39. The molecule has 6 nitrogen and oxygen atoms in total. The van der Waals surface area contributed by atoms with Crippen LogP contribution in [0.5, 0.6) is 5.75 Å². The average molecular weight is 305 g/mol. The number of carbonyl (C=O) groups excluding carboxylic acids is 2. The van der Waals surface area contributed by atoms with Crippen LogP contribution in [-0.4, -0.2) is 31.5 Å². The molecule has 22 heavy (non-hydrogen) atoms. The predicted octanol–water partition coefficient (Wildman–Crippen LogP) is 1.27. The molecule has 0 unspecified atom stereocenters. The number of ether oxygens (including phenoxy) is 1. The Bertz CT molecular complexity index is 516. The van der Waals surface area contributed by atoms with Gasteiger partial charge in [0.05, 0.1) is 19.6 Å². The fourth-order valence-electron chi connectivity index (χ4n) is 2.66. The van der Waals surface area contributed by atoms with Crippen molar-refractivity contribution in [3.05, 3.63) is 24.3 Å². The van der Waals surface area contributed by atoms with Crippen molar-refractivity contribution in [1.82, 2.24) is 5.32 Å². The van der Waals surface area contributed by atoms with Crippen LogP contribution in [0.4, 0.5) is 5.69 Å². The number of nitrogens with two attached hydrogens (primary N) is 1. The molecule has 1 fully saturated rings. The van der Waals surface area contributed by atoms with Crippen molar-refractivity contribution >= 4 is 17.5 Å². The number of hydrogen-bond donors (Lipinski definition) is 3. The van der Waals surface area contributed by atoms with Crippen molar-refractivity contribution in [2.45, 2.75) is 31.7 Å². The first-order valence-corrected chi connectivity index (χ1v) is 7.57. The highest BCUT2D eigenvalue weighted by molar-refractivity contribution is 5.94. The van der Waals surface area contributed by atoms with Crippen molar-refractivity contribution in [1.29, 1.82) is 0 Å². The lowest BCUT2D eigenvalue weighted by molar-refractivity contribution is -0.128. The quantitative estimate of drug-likeness (QED) is 0.763. The Morgan fingerprint density at radius 3 is 2.55 bits per heavy atom. The molecule has 0 aromatic heterocycles. The smallest absolute Gasteiger partial charge is 0.243 e. The normalized spacial score (nSPS) is 21.0. The Balaban J connectivity index is 1.78. The molecule has 1 aromatic carbocycles. The minimum atomic E-state index is -0.261. The molecule has 0 spiro atoms. The van der Waals surface area contributed by atoms with E-state index in [2.05, 4.69) is 10.6 Å². The van der Waals surface area contributed by atoms with E-state index in [1.165, 1.54) is 0 Å². The average Bonchev–Trinajstić information content (AvgIpc) is 2.54. The summed E-state index contributed by atoms with van der Waals surface area (Å²) >= 11 is 0. The van der Waals surface area contributed by atoms with Gasteiger partial charge >= 0.3 is 0 Å². The highest BCUT2D eigenvalue weighted by atomic mass is 16.5. The lowest BCUT2D eigenvalue weighted by atomic mass is 9.84. The van der Waals surface area contributed by atoms with Crippen LogP contribution in [-0.2, 0) is 9.59 Å². The van der Waals surface area contributed by atoms with E-state index in [1.807, 2.05) is 0 Å². The minimum Gasteiger partial charge on any atom is -0.497 e. The van der Waals surface area contributed by atoms with Crippen LogP contribution in [0.2, 0.25) is 0 Å². The lowest BCUT2D eigenvalue weighted by Gasteiger charge is -2.27. The number of carbonyl (C=O) groups is 2. The molecular formula is C16H23N3O3. The molecule has 1 aliphatic rings. The zero-order valence-corrected chi connectivity index (χ0v) is 12.8. The molecule has 0 radical (unpaired) electrons. The third-order valence-corrected chi connectivity index (χ3v) is 3.95. The van der Waals surface area contributed by atoms with Crippen LogP contribution in [0, 0.1) is 5.92 Å². The van der Waals surface area contributed by atoms with Gasteiger partial charge in [-0.3, -0.25) is 9.59 Å². The van der Waals surface area contributed by atoms with Crippen molar-refractivity contribution < 1.29 is 14.3 Å². The zero-order chi connectivity index (χ0) is 15.9. The minimum absolute atomic E-state index is 0.0475. The summed E-state index contributed by atoms with van der Waals surface area (Å²) in [6.07, 6.45) is 3.76. The van der Waals surface area contributed by atoms with Gasteiger partial charge in [0.1, 0.15) is 5.75 Å². The van der Waals surface area contributed by atoms with Crippen LogP contribution < -0.4 is 21.1 Å². The SMILES string of the molecule is COc1ccc(NC(=O)CNC(=O)[C@@H]2CCCC[C@@H]2N)cc1.